The fraction of sp³-hybridized carbons (Fsp3) is 0.296. The lowest BCUT2D eigenvalue weighted by atomic mass is 10.1. The molecule has 1 amide bonds. The van der Waals surface area contributed by atoms with Crippen molar-refractivity contribution in [2.24, 2.45) is 0 Å². The highest BCUT2D eigenvalue weighted by Crippen LogP contribution is 2.20. The predicted molar refractivity (Wildman–Crippen MR) is 137 cm³/mol. The zero-order valence-corrected chi connectivity index (χ0v) is 20.8. The first-order valence-corrected chi connectivity index (χ1v) is 13.2. The van der Waals surface area contributed by atoms with Crippen molar-refractivity contribution in [2.45, 2.75) is 24.8 Å². The van der Waals surface area contributed by atoms with E-state index in [9.17, 15) is 13.2 Å². The number of rotatable bonds is 8. The number of nitrogens with one attached hydrogen (secondary N) is 2. The average Bonchev–Trinajstić information content (AvgIpc) is 2.87. The molecule has 8 heteroatoms. The molecule has 0 radical (unpaired) electrons. The van der Waals surface area contributed by atoms with Crippen LogP contribution in [0.5, 0.6) is 0 Å². The maximum Gasteiger partial charge on any atom is 0.261 e. The van der Waals surface area contributed by atoms with Crippen molar-refractivity contribution in [3.8, 4) is 0 Å². The maximum atomic E-state index is 13.1. The van der Waals surface area contributed by atoms with E-state index in [0.717, 1.165) is 29.8 Å². The van der Waals surface area contributed by atoms with Crippen LogP contribution < -0.4 is 10.0 Å². The summed E-state index contributed by atoms with van der Waals surface area (Å²) in [5.41, 5.74) is 4.01. The third-order valence-electron chi connectivity index (χ3n) is 6.24. The van der Waals surface area contributed by atoms with Gasteiger partial charge in [0.15, 0.2) is 0 Å². The fourth-order valence-electron chi connectivity index (χ4n) is 4.01. The van der Waals surface area contributed by atoms with Crippen molar-refractivity contribution in [1.82, 2.24) is 10.2 Å². The van der Waals surface area contributed by atoms with E-state index >= 15 is 0 Å². The van der Waals surface area contributed by atoms with Gasteiger partial charge < -0.3 is 10.1 Å². The van der Waals surface area contributed by atoms with Crippen molar-refractivity contribution < 1.29 is 17.9 Å². The van der Waals surface area contributed by atoms with Gasteiger partial charge in [0.1, 0.15) is 0 Å². The number of hydrogen-bond donors (Lipinski definition) is 2. The Hall–Kier alpha value is -3.20. The maximum absolute atomic E-state index is 13.1. The third-order valence-corrected chi connectivity index (χ3v) is 7.63. The number of morpholine rings is 1. The summed E-state index contributed by atoms with van der Waals surface area (Å²) < 4.78 is 33.7. The van der Waals surface area contributed by atoms with Gasteiger partial charge in [-0.1, -0.05) is 36.4 Å². The predicted octanol–water partition coefficient (Wildman–Crippen LogP) is 3.91. The summed E-state index contributed by atoms with van der Waals surface area (Å²) in [6, 6.07) is 21.1. The third kappa shape index (κ3) is 6.48. The van der Waals surface area contributed by atoms with E-state index < -0.39 is 10.0 Å². The molecule has 1 unspecified atom stereocenters. The van der Waals surface area contributed by atoms with E-state index in [1.807, 2.05) is 50.2 Å². The molecule has 0 saturated carbocycles. The molecule has 1 fully saturated rings. The van der Waals surface area contributed by atoms with Crippen molar-refractivity contribution in [1.29, 1.82) is 0 Å². The minimum atomic E-state index is -3.77. The minimum Gasteiger partial charge on any atom is -0.379 e. The molecule has 1 aliphatic heterocycles. The van der Waals surface area contributed by atoms with E-state index in [4.69, 9.17) is 4.74 Å². The average molecular weight is 494 g/mol. The number of anilines is 1. The van der Waals surface area contributed by atoms with Crippen LogP contribution in [0, 0.1) is 13.8 Å². The van der Waals surface area contributed by atoms with Crippen LogP contribution in [0.25, 0.3) is 0 Å². The number of amides is 1. The van der Waals surface area contributed by atoms with Crippen molar-refractivity contribution >= 4 is 21.6 Å². The van der Waals surface area contributed by atoms with Gasteiger partial charge in [0.05, 0.1) is 24.2 Å². The fourth-order valence-corrected chi connectivity index (χ4v) is 5.06. The van der Waals surface area contributed by atoms with E-state index in [0.29, 0.717) is 31.0 Å². The molecular formula is C27H31N3O4S. The second kappa shape index (κ2) is 11.0. The number of hydrogen-bond acceptors (Lipinski definition) is 5. The lowest BCUT2D eigenvalue weighted by Gasteiger charge is -2.31. The molecule has 35 heavy (non-hydrogen) atoms. The van der Waals surface area contributed by atoms with E-state index in [2.05, 4.69) is 14.9 Å². The number of nitrogens with zero attached hydrogens (tertiary/aromatic N) is 1. The Morgan fingerprint density at radius 2 is 1.63 bits per heavy atom. The van der Waals surface area contributed by atoms with Crippen molar-refractivity contribution in [3.05, 3.63) is 95.1 Å². The molecule has 0 spiro atoms. The highest BCUT2D eigenvalue weighted by Gasteiger charge is 2.21. The molecule has 1 saturated heterocycles. The Balaban J connectivity index is 1.47. The molecule has 0 bridgehead atoms. The van der Waals surface area contributed by atoms with Gasteiger partial charge in [0.2, 0.25) is 0 Å². The van der Waals surface area contributed by atoms with E-state index in [-0.39, 0.29) is 16.8 Å². The Morgan fingerprint density at radius 1 is 0.943 bits per heavy atom. The Morgan fingerprint density at radius 3 is 2.29 bits per heavy atom. The summed E-state index contributed by atoms with van der Waals surface area (Å²) in [6.45, 7) is 7.58. The van der Waals surface area contributed by atoms with Gasteiger partial charge in [-0.25, -0.2) is 8.42 Å². The lowest BCUT2D eigenvalue weighted by molar-refractivity contribution is 0.0332. The largest absolute Gasteiger partial charge is 0.379 e. The van der Waals surface area contributed by atoms with Crippen molar-refractivity contribution in [3.63, 3.8) is 0 Å². The van der Waals surface area contributed by atoms with Crippen LogP contribution >= 0.6 is 0 Å². The van der Waals surface area contributed by atoms with Gasteiger partial charge >= 0.3 is 0 Å². The molecule has 1 heterocycles. The number of carbonyl (C=O) groups excluding carboxylic acids is 1. The summed E-state index contributed by atoms with van der Waals surface area (Å²) in [4.78, 5) is 15.4. The second-order valence-corrected chi connectivity index (χ2v) is 10.5. The monoisotopic (exact) mass is 493 g/mol. The van der Waals surface area contributed by atoms with Crippen LogP contribution in [0.2, 0.25) is 0 Å². The first-order valence-electron chi connectivity index (χ1n) is 11.7. The Kier molecular flexibility index (Phi) is 7.85. The van der Waals surface area contributed by atoms with Crippen LogP contribution in [0.15, 0.2) is 77.7 Å². The normalized spacial score (nSPS) is 15.4. The van der Waals surface area contributed by atoms with Gasteiger partial charge in [0, 0.05) is 30.9 Å². The zero-order valence-electron chi connectivity index (χ0n) is 20.0. The number of benzene rings is 3. The van der Waals surface area contributed by atoms with Crippen LogP contribution in [-0.4, -0.2) is 52.1 Å². The molecule has 184 valence electrons. The first-order chi connectivity index (χ1) is 16.8. The quantitative estimate of drug-likeness (QED) is 0.497. The van der Waals surface area contributed by atoms with E-state index in [1.54, 1.807) is 24.3 Å². The zero-order chi connectivity index (χ0) is 24.8. The number of aryl methyl sites for hydroxylation is 2. The van der Waals surface area contributed by atoms with Crippen LogP contribution in [-0.2, 0) is 14.8 Å². The second-order valence-electron chi connectivity index (χ2n) is 8.78. The molecule has 2 N–H and O–H groups in total. The molecule has 0 aliphatic carbocycles. The Labute approximate surface area is 207 Å². The number of ether oxygens (including phenoxy) is 1. The highest BCUT2D eigenvalue weighted by molar-refractivity contribution is 7.92. The standard InChI is InChI=1S/C27H31N3O4S/c1-20-8-11-24(18-21(20)2)29-35(32,33)25-12-9-23(10-13-25)27(31)28-26(22-6-4-3-5-7-22)19-30-14-16-34-17-15-30/h3-13,18,26,29H,14-17,19H2,1-2H3,(H,28,31). The molecular weight excluding hydrogens is 462 g/mol. The minimum absolute atomic E-state index is 0.0974. The molecule has 1 atom stereocenters. The van der Waals surface area contributed by atoms with Gasteiger partial charge in [0.25, 0.3) is 15.9 Å². The molecule has 3 aromatic carbocycles. The highest BCUT2D eigenvalue weighted by atomic mass is 32.2. The summed E-state index contributed by atoms with van der Waals surface area (Å²) in [7, 11) is -3.77. The van der Waals surface area contributed by atoms with Gasteiger partial charge in [-0.2, -0.15) is 0 Å². The molecule has 1 aliphatic rings. The van der Waals surface area contributed by atoms with Crippen molar-refractivity contribution in [2.75, 3.05) is 37.6 Å². The summed E-state index contributed by atoms with van der Waals surface area (Å²) in [6.07, 6.45) is 0. The molecule has 0 aromatic heterocycles. The summed E-state index contributed by atoms with van der Waals surface area (Å²) in [5, 5.41) is 3.12. The van der Waals surface area contributed by atoms with Gasteiger partial charge in [-0.05, 0) is 66.9 Å². The van der Waals surface area contributed by atoms with Gasteiger partial charge in [-0.15, -0.1) is 0 Å². The topological polar surface area (TPSA) is 87.7 Å². The number of sulfonamides is 1. The SMILES string of the molecule is Cc1ccc(NS(=O)(=O)c2ccc(C(=O)NC(CN3CCOCC3)c3ccccc3)cc2)cc1C. The molecule has 7 nitrogen and oxygen atoms in total. The lowest BCUT2D eigenvalue weighted by Crippen LogP contribution is -2.43. The number of carbonyl (C=O) groups is 1. The van der Waals surface area contributed by atoms with Crippen LogP contribution in [0.4, 0.5) is 5.69 Å². The molecule has 3 aromatic rings. The first kappa shape index (κ1) is 24.9. The van der Waals surface area contributed by atoms with E-state index in [1.165, 1.54) is 12.1 Å². The molecule has 4 rings (SSSR count). The summed E-state index contributed by atoms with van der Waals surface area (Å²) in [5.74, 6) is -0.252. The smallest absolute Gasteiger partial charge is 0.261 e. The van der Waals surface area contributed by atoms with Crippen LogP contribution in [0.3, 0.4) is 0 Å². The summed E-state index contributed by atoms with van der Waals surface area (Å²) >= 11 is 0. The van der Waals surface area contributed by atoms with Crippen LogP contribution in [0.1, 0.15) is 33.1 Å². The van der Waals surface area contributed by atoms with Gasteiger partial charge in [-0.3, -0.25) is 14.4 Å². The Bertz CT molecular complexity index is 1260.